The molecular weight excluding hydrogens is 218 g/mol. The number of amides is 1. The number of hydrogen-bond donors (Lipinski definition) is 1. The van der Waals surface area contributed by atoms with Crippen LogP contribution >= 0.6 is 0 Å². The molecule has 2 N–H and O–H groups in total. The van der Waals surface area contributed by atoms with Crippen LogP contribution in [-0.4, -0.2) is 36.2 Å². The van der Waals surface area contributed by atoms with E-state index in [1.54, 1.807) is 0 Å². The first-order valence-corrected chi connectivity index (χ1v) is 5.68. The highest BCUT2D eigenvalue weighted by molar-refractivity contribution is 7.89. The lowest BCUT2D eigenvalue weighted by Crippen LogP contribution is -2.24. The van der Waals surface area contributed by atoms with Crippen LogP contribution in [0.4, 0.5) is 0 Å². The number of carbonyl (C=O) groups is 1. The van der Waals surface area contributed by atoms with E-state index in [0.717, 1.165) is 4.31 Å². The van der Waals surface area contributed by atoms with Crippen LogP contribution in [-0.2, 0) is 14.8 Å². The molecule has 0 spiro atoms. The molecule has 0 radical (unpaired) electrons. The number of carbonyl (C=O) groups excluding carboxylic acids is 1. The highest BCUT2D eigenvalue weighted by Crippen LogP contribution is 2.27. The Morgan fingerprint density at radius 1 is 1.60 bits per heavy atom. The summed E-state index contributed by atoms with van der Waals surface area (Å²) in [4.78, 5) is 14.5. The second-order valence-corrected chi connectivity index (χ2v) is 5.07. The molecule has 0 saturated carbocycles. The molecule has 7 heteroatoms. The predicted molar refractivity (Wildman–Crippen MR) is 51.1 cm³/mol. The number of primary amides is 1. The molecule has 1 aromatic rings. The second kappa shape index (κ2) is 3.28. The van der Waals surface area contributed by atoms with E-state index < -0.39 is 22.0 Å². The third-order valence-corrected chi connectivity index (χ3v) is 3.99. The van der Waals surface area contributed by atoms with Gasteiger partial charge in [0.1, 0.15) is 10.9 Å². The summed E-state index contributed by atoms with van der Waals surface area (Å²) in [6, 6.07) is 2.25. The van der Waals surface area contributed by atoms with Gasteiger partial charge in [0.15, 0.2) is 0 Å². The van der Waals surface area contributed by atoms with Gasteiger partial charge >= 0.3 is 0 Å². The minimum atomic E-state index is -3.59. The number of pyridine rings is 1. The van der Waals surface area contributed by atoms with E-state index in [1.165, 1.54) is 24.5 Å². The van der Waals surface area contributed by atoms with Gasteiger partial charge in [0.2, 0.25) is 15.9 Å². The topological polar surface area (TPSA) is 93.1 Å². The smallest absolute Gasteiger partial charge is 0.245 e. The van der Waals surface area contributed by atoms with Crippen LogP contribution in [0.15, 0.2) is 29.4 Å². The molecule has 1 aliphatic rings. The van der Waals surface area contributed by atoms with Crippen molar-refractivity contribution in [3.8, 4) is 0 Å². The third kappa shape index (κ3) is 1.71. The minimum absolute atomic E-state index is 0.0775. The average molecular weight is 227 g/mol. The van der Waals surface area contributed by atoms with Crippen molar-refractivity contribution in [1.82, 2.24) is 9.29 Å². The molecule has 2 atom stereocenters. The van der Waals surface area contributed by atoms with E-state index in [1.807, 2.05) is 0 Å². The van der Waals surface area contributed by atoms with Gasteiger partial charge in [-0.3, -0.25) is 9.78 Å². The molecule has 0 aromatic carbocycles. The Hall–Kier alpha value is -1.47. The molecule has 1 amide bonds. The van der Waals surface area contributed by atoms with Crippen molar-refractivity contribution in [2.24, 2.45) is 5.73 Å². The molecule has 15 heavy (non-hydrogen) atoms. The minimum Gasteiger partial charge on any atom is -0.368 e. The van der Waals surface area contributed by atoms with Crippen molar-refractivity contribution in [1.29, 1.82) is 0 Å². The fourth-order valence-electron chi connectivity index (χ4n) is 1.26. The normalized spacial score (nSPS) is 24.8. The van der Waals surface area contributed by atoms with Crippen molar-refractivity contribution in [2.45, 2.75) is 10.9 Å². The van der Waals surface area contributed by atoms with Crippen LogP contribution in [0.25, 0.3) is 0 Å². The monoisotopic (exact) mass is 227 g/mol. The van der Waals surface area contributed by atoms with Crippen molar-refractivity contribution >= 4 is 15.9 Å². The summed E-state index contributed by atoms with van der Waals surface area (Å²) in [6.45, 7) is 0.159. The molecule has 2 unspecified atom stereocenters. The lowest BCUT2D eigenvalue weighted by molar-refractivity contribution is -0.117. The van der Waals surface area contributed by atoms with Gasteiger partial charge in [-0.1, -0.05) is 0 Å². The van der Waals surface area contributed by atoms with E-state index in [4.69, 9.17) is 5.73 Å². The van der Waals surface area contributed by atoms with Crippen molar-refractivity contribution in [3.63, 3.8) is 0 Å². The zero-order chi connectivity index (χ0) is 11.1. The Bertz CT molecular complexity index is 485. The SMILES string of the molecule is NC(=O)C1CN1S(=O)(=O)c1cccnc1. The number of rotatable bonds is 3. The van der Waals surface area contributed by atoms with Crippen LogP contribution in [0.3, 0.4) is 0 Å². The molecule has 1 saturated heterocycles. The fraction of sp³-hybridized carbons (Fsp3) is 0.250. The summed E-state index contributed by atoms with van der Waals surface area (Å²) in [5.41, 5.74) is 5.00. The Morgan fingerprint density at radius 3 is 2.80 bits per heavy atom. The molecule has 2 rings (SSSR count). The van der Waals surface area contributed by atoms with Gasteiger partial charge in [0.25, 0.3) is 0 Å². The first-order valence-electron chi connectivity index (χ1n) is 4.24. The fourth-order valence-corrected chi connectivity index (χ4v) is 2.75. The van der Waals surface area contributed by atoms with E-state index in [2.05, 4.69) is 4.98 Å². The lowest BCUT2D eigenvalue weighted by Gasteiger charge is -2.03. The molecule has 0 bridgehead atoms. The second-order valence-electron chi connectivity index (χ2n) is 3.18. The largest absolute Gasteiger partial charge is 0.368 e. The number of nitrogens with two attached hydrogens (primary N) is 1. The van der Waals surface area contributed by atoms with Crippen LogP contribution < -0.4 is 5.73 Å². The number of aromatic nitrogens is 1. The van der Waals surface area contributed by atoms with Crippen molar-refractivity contribution in [3.05, 3.63) is 24.5 Å². The number of sulfonamides is 1. The maximum atomic E-state index is 11.8. The highest BCUT2D eigenvalue weighted by Gasteiger charge is 2.48. The maximum Gasteiger partial charge on any atom is 0.245 e. The lowest BCUT2D eigenvalue weighted by atomic mass is 10.5. The zero-order valence-corrected chi connectivity index (χ0v) is 8.52. The molecule has 6 nitrogen and oxygen atoms in total. The van der Waals surface area contributed by atoms with Crippen molar-refractivity contribution < 1.29 is 13.2 Å². The number of nitrogens with zero attached hydrogens (tertiary/aromatic N) is 2. The summed E-state index contributed by atoms with van der Waals surface area (Å²) in [5, 5.41) is 0. The predicted octanol–water partition coefficient (Wildman–Crippen LogP) is -1.06. The summed E-state index contributed by atoms with van der Waals surface area (Å²) in [6.07, 6.45) is 2.72. The van der Waals surface area contributed by atoms with Gasteiger partial charge in [-0.2, -0.15) is 4.31 Å². The molecular formula is C8H9N3O3S. The van der Waals surface area contributed by atoms with Gasteiger partial charge in [-0.15, -0.1) is 0 Å². The summed E-state index contributed by atoms with van der Waals surface area (Å²) in [5.74, 6) is -0.623. The van der Waals surface area contributed by atoms with Gasteiger partial charge in [0, 0.05) is 18.9 Å². The first kappa shape index (κ1) is 10.1. The van der Waals surface area contributed by atoms with Crippen LogP contribution in [0.5, 0.6) is 0 Å². The van der Waals surface area contributed by atoms with E-state index in [-0.39, 0.29) is 11.4 Å². The Kier molecular flexibility index (Phi) is 2.20. The molecule has 2 heterocycles. The number of hydrogen-bond acceptors (Lipinski definition) is 4. The highest BCUT2D eigenvalue weighted by atomic mass is 32.2. The summed E-state index contributed by atoms with van der Waals surface area (Å²) >= 11 is 0. The molecule has 1 aromatic heterocycles. The van der Waals surface area contributed by atoms with Gasteiger partial charge in [-0.05, 0) is 12.1 Å². The third-order valence-electron chi connectivity index (χ3n) is 2.14. The summed E-state index contributed by atoms with van der Waals surface area (Å²) in [7, 11) is -3.59. The summed E-state index contributed by atoms with van der Waals surface area (Å²) < 4.78 is 24.6. The van der Waals surface area contributed by atoms with Crippen LogP contribution in [0.1, 0.15) is 0 Å². The molecule has 0 aliphatic carbocycles. The van der Waals surface area contributed by atoms with Gasteiger partial charge < -0.3 is 5.73 Å². The maximum absolute atomic E-state index is 11.8. The van der Waals surface area contributed by atoms with Crippen molar-refractivity contribution in [2.75, 3.05) is 6.54 Å². The zero-order valence-electron chi connectivity index (χ0n) is 7.70. The Balaban J connectivity index is 2.28. The first-order chi connectivity index (χ1) is 7.03. The molecule has 1 fully saturated rings. The Morgan fingerprint density at radius 2 is 2.33 bits per heavy atom. The average Bonchev–Trinajstić information content (AvgIpc) is 2.99. The van der Waals surface area contributed by atoms with E-state index in [0.29, 0.717) is 0 Å². The Labute approximate surface area is 86.8 Å². The molecule has 1 aliphatic heterocycles. The van der Waals surface area contributed by atoms with E-state index in [9.17, 15) is 13.2 Å². The van der Waals surface area contributed by atoms with Crippen LogP contribution in [0.2, 0.25) is 0 Å². The molecule has 80 valence electrons. The van der Waals surface area contributed by atoms with E-state index >= 15 is 0 Å². The van der Waals surface area contributed by atoms with Gasteiger partial charge in [0.05, 0.1) is 0 Å². The standard InChI is InChI=1S/C8H9N3O3S/c9-8(12)7-5-11(7)15(13,14)6-2-1-3-10-4-6/h1-4,7H,5H2,(H2,9,12). The van der Waals surface area contributed by atoms with Gasteiger partial charge in [-0.25, -0.2) is 8.42 Å². The quantitative estimate of drug-likeness (QED) is 0.666. The van der Waals surface area contributed by atoms with Crippen LogP contribution in [0, 0.1) is 0 Å².